The van der Waals surface area contributed by atoms with Crippen molar-refractivity contribution < 1.29 is 35.1 Å². The third-order valence-corrected chi connectivity index (χ3v) is 3.53. The van der Waals surface area contributed by atoms with Crippen LogP contribution in [0.15, 0.2) is 12.4 Å². The number of aliphatic hydroxyl groups excluding tert-OH is 5. The number of nitrogens with zero attached hydrogens (tertiary/aromatic N) is 2. The van der Waals surface area contributed by atoms with Gasteiger partial charge < -0.3 is 36.2 Å². The van der Waals surface area contributed by atoms with Crippen LogP contribution >= 0.6 is 0 Å². The minimum Gasteiger partial charge on any atom is -0.394 e. The quantitative estimate of drug-likeness (QED) is 0.234. The minimum absolute atomic E-state index is 0.393. The molecule has 0 saturated heterocycles. The fourth-order valence-electron chi connectivity index (χ4n) is 1.70. The maximum atomic E-state index is 12.3. The molecule has 11 heteroatoms. The number of nitrogens with one attached hydrogen (secondary N) is 2. The summed E-state index contributed by atoms with van der Waals surface area (Å²) in [5.41, 5.74) is -3.85. The molecule has 0 atom stereocenters. The zero-order valence-electron chi connectivity index (χ0n) is 13.6. The summed E-state index contributed by atoms with van der Waals surface area (Å²) in [5, 5.41) is 50.8. The van der Waals surface area contributed by atoms with Crippen LogP contribution in [0.4, 0.5) is 0 Å². The van der Waals surface area contributed by atoms with Gasteiger partial charge in [-0.3, -0.25) is 9.59 Å². The van der Waals surface area contributed by atoms with E-state index in [1.54, 1.807) is 0 Å². The molecular weight excluding hydrogens is 336 g/mol. The Bertz CT molecular complexity index is 594. The molecule has 0 aliphatic heterocycles. The Morgan fingerprint density at radius 1 is 0.840 bits per heavy atom. The lowest BCUT2D eigenvalue weighted by molar-refractivity contribution is 0.0372. The van der Waals surface area contributed by atoms with E-state index in [-0.39, 0.29) is 0 Å². The zero-order chi connectivity index (χ0) is 19.1. The van der Waals surface area contributed by atoms with Crippen LogP contribution in [0, 0.1) is 0 Å². The van der Waals surface area contributed by atoms with E-state index in [1.165, 1.54) is 6.92 Å². The number of aromatic nitrogens is 2. The molecule has 0 fully saturated rings. The highest BCUT2D eigenvalue weighted by atomic mass is 16.3. The number of amides is 2. The first-order chi connectivity index (χ1) is 11.8. The summed E-state index contributed by atoms with van der Waals surface area (Å²) in [6, 6.07) is 0. The van der Waals surface area contributed by atoms with Crippen molar-refractivity contribution in [3.63, 3.8) is 0 Å². The molecule has 11 nitrogen and oxygen atoms in total. The Morgan fingerprint density at radius 2 is 1.24 bits per heavy atom. The Labute approximate surface area is 143 Å². The Hall–Kier alpha value is -2.18. The molecule has 2 amide bonds. The highest BCUT2D eigenvalue weighted by Crippen LogP contribution is 2.09. The van der Waals surface area contributed by atoms with Crippen molar-refractivity contribution in [3.8, 4) is 0 Å². The smallest absolute Gasteiger partial charge is 0.273 e. The molecule has 7 N–H and O–H groups in total. The predicted octanol–water partition coefficient (Wildman–Crippen LogP) is -3.60. The van der Waals surface area contributed by atoms with E-state index < -0.39 is 67.3 Å². The molecule has 25 heavy (non-hydrogen) atoms. The van der Waals surface area contributed by atoms with Gasteiger partial charge in [0.05, 0.1) is 38.6 Å². The second kappa shape index (κ2) is 8.78. The van der Waals surface area contributed by atoms with Crippen LogP contribution in [0.5, 0.6) is 0 Å². The molecule has 0 spiro atoms. The molecule has 1 heterocycles. The van der Waals surface area contributed by atoms with E-state index in [4.69, 9.17) is 0 Å². The fraction of sp³-hybridized carbons (Fsp3) is 0.571. The van der Waals surface area contributed by atoms with Crippen LogP contribution in [0.3, 0.4) is 0 Å². The molecule has 0 unspecified atom stereocenters. The van der Waals surface area contributed by atoms with Gasteiger partial charge in [0.25, 0.3) is 11.8 Å². The van der Waals surface area contributed by atoms with Crippen molar-refractivity contribution in [1.82, 2.24) is 20.6 Å². The molecule has 1 rings (SSSR count). The average Bonchev–Trinajstić information content (AvgIpc) is 2.65. The summed E-state index contributed by atoms with van der Waals surface area (Å²) in [6.07, 6.45) is 2.32. The van der Waals surface area contributed by atoms with E-state index in [0.29, 0.717) is 0 Å². The molecule has 1 aromatic heterocycles. The third kappa shape index (κ3) is 4.90. The second-order valence-corrected chi connectivity index (χ2v) is 5.79. The SMILES string of the molecule is CC(CO)(CO)NC(=O)c1nccnc1C(=O)NC(CO)(CO)CO. The molecule has 140 valence electrons. The number of carbonyl (C=O) groups is 2. The van der Waals surface area contributed by atoms with E-state index in [1.807, 2.05) is 0 Å². The first-order valence-corrected chi connectivity index (χ1v) is 7.30. The van der Waals surface area contributed by atoms with E-state index >= 15 is 0 Å². The van der Waals surface area contributed by atoms with Gasteiger partial charge in [0.15, 0.2) is 11.4 Å². The molecule has 1 aromatic rings. The Balaban J connectivity index is 3.11. The normalized spacial score (nSPS) is 11.9. The number of hydrogen-bond donors (Lipinski definition) is 7. The first kappa shape index (κ1) is 20.9. The summed E-state index contributed by atoms with van der Waals surface area (Å²) in [4.78, 5) is 32.2. The van der Waals surface area contributed by atoms with Crippen molar-refractivity contribution in [2.24, 2.45) is 0 Å². The summed E-state index contributed by atoms with van der Waals surface area (Å²) < 4.78 is 0. The van der Waals surface area contributed by atoms with Crippen molar-refractivity contribution in [3.05, 3.63) is 23.8 Å². The highest BCUT2D eigenvalue weighted by Gasteiger charge is 2.33. The van der Waals surface area contributed by atoms with Crippen LogP contribution < -0.4 is 10.6 Å². The Morgan fingerprint density at radius 3 is 1.60 bits per heavy atom. The van der Waals surface area contributed by atoms with Crippen LogP contribution in [-0.4, -0.2) is 91.4 Å². The fourth-order valence-corrected chi connectivity index (χ4v) is 1.70. The molecular formula is C14H22N4O7. The van der Waals surface area contributed by atoms with Gasteiger partial charge in [-0.25, -0.2) is 9.97 Å². The van der Waals surface area contributed by atoms with Crippen LogP contribution in [0.1, 0.15) is 27.9 Å². The molecule has 0 aliphatic rings. The van der Waals surface area contributed by atoms with Gasteiger partial charge in [-0.05, 0) is 6.92 Å². The van der Waals surface area contributed by atoms with Gasteiger partial charge in [-0.2, -0.15) is 0 Å². The number of carbonyl (C=O) groups excluding carboxylic acids is 2. The van der Waals surface area contributed by atoms with Crippen LogP contribution in [0.2, 0.25) is 0 Å². The van der Waals surface area contributed by atoms with Crippen molar-refractivity contribution in [1.29, 1.82) is 0 Å². The van der Waals surface area contributed by atoms with Gasteiger partial charge in [0.1, 0.15) is 5.54 Å². The largest absolute Gasteiger partial charge is 0.394 e. The summed E-state index contributed by atoms with van der Waals surface area (Å²) in [6.45, 7) is -1.98. The number of aliphatic hydroxyl groups is 5. The molecule has 0 aliphatic carbocycles. The van der Waals surface area contributed by atoms with Crippen LogP contribution in [-0.2, 0) is 0 Å². The van der Waals surface area contributed by atoms with Gasteiger partial charge >= 0.3 is 0 Å². The van der Waals surface area contributed by atoms with Gasteiger partial charge in [0.2, 0.25) is 0 Å². The Kier molecular flexibility index (Phi) is 7.33. The first-order valence-electron chi connectivity index (χ1n) is 7.30. The highest BCUT2D eigenvalue weighted by molar-refractivity contribution is 6.05. The standard InChI is InChI=1S/C14H22N4O7/c1-13(4-19,5-20)17-11(24)9-10(16-3-2-15-9)12(25)18-14(6-21,7-22)8-23/h2-3,19-23H,4-8H2,1H3,(H,17,24)(H,18,25). The second-order valence-electron chi connectivity index (χ2n) is 5.79. The molecule has 0 radical (unpaired) electrons. The zero-order valence-corrected chi connectivity index (χ0v) is 13.6. The lowest BCUT2D eigenvalue weighted by Crippen LogP contribution is -2.57. The van der Waals surface area contributed by atoms with E-state index in [0.717, 1.165) is 12.4 Å². The van der Waals surface area contributed by atoms with Crippen molar-refractivity contribution >= 4 is 11.8 Å². The summed E-state index contributed by atoms with van der Waals surface area (Å²) in [5.74, 6) is -1.82. The molecule has 0 saturated carbocycles. The number of hydrogen-bond acceptors (Lipinski definition) is 9. The van der Waals surface area contributed by atoms with Gasteiger partial charge in [0, 0.05) is 12.4 Å². The van der Waals surface area contributed by atoms with Crippen LogP contribution in [0.25, 0.3) is 0 Å². The molecule has 0 aromatic carbocycles. The summed E-state index contributed by atoms with van der Waals surface area (Å²) in [7, 11) is 0. The average molecular weight is 358 g/mol. The van der Waals surface area contributed by atoms with Crippen molar-refractivity contribution in [2.45, 2.75) is 18.0 Å². The molecule has 0 bridgehead atoms. The lowest BCUT2D eigenvalue weighted by Gasteiger charge is -2.29. The predicted molar refractivity (Wildman–Crippen MR) is 83.5 cm³/mol. The maximum Gasteiger partial charge on any atom is 0.273 e. The maximum absolute atomic E-state index is 12.3. The number of rotatable bonds is 9. The van der Waals surface area contributed by atoms with Gasteiger partial charge in [-0.1, -0.05) is 0 Å². The summed E-state index contributed by atoms with van der Waals surface area (Å²) >= 11 is 0. The third-order valence-electron chi connectivity index (χ3n) is 3.53. The monoisotopic (exact) mass is 358 g/mol. The van der Waals surface area contributed by atoms with E-state index in [9.17, 15) is 35.1 Å². The van der Waals surface area contributed by atoms with E-state index in [2.05, 4.69) is 20.6 Å². The lowest BCUT2D eigenvalue weighted by atomic mass is 10.0. The van der Waals surface area contributed by atoms with Crippen molar-refractivity contribution in [2.75, 3.05) is 33.0 Å². The topological polar surface area (TPSA) is 185 Å². The minimum atomic E-state index is -1.70. The van der Waals surface area contributed by atoms with Gasteiger partial charge in [-0.15, -0.1) is 0 Å².